The number of amides is 1. The van der Waals surface area contributed by atoms with E-state index < -0.39 is 0 Å². The Bertz CT molecular complexity index is 742. The van der Waals surface area contributed by atoms with Gasteiger partial charge in [-0.1, -0.05) is 23.8 Å². The van der Waals surface area contributed by atoms with Crippen LogP contribution in [0.2, 0.25) is 0 Å². The maximum atomic E-state index is 12.1. The molecule has 138 valence electrons. The van der Waals surface area contributed by atoms with Crippen molar-refractivity contribution in [2.24, 2.45) is 0 Å². The number of carbonyl (C=O) groups excluding carboxylic acids is 1. The molecule has 0 saturated carbocycles. The van der Waals surface area contributed by atoms with Crippen LogP contribution < -0.4 is 19.5 Å². The average Bonchev–Trinajstić information content (AvgIpc) is 2.66. The predicted octanol–water partition coefficient (Wildman–Crippen LogP) is 3.80. The molecule has 1 heterocycles. The molecule has 0 spiro atoms. The normalized spacial score (nSPS) is 13.8. The second-order valence-corrected chi connectivity index (χ2v) is 6.46. The second kappa shape index (κ2) is 8.61. The first kappa shape index (κ1) is 18.1. The van der Waals surface area contributed by atoms with Gasteiger partial charge in [-0.25, -0.2) is 0 Å². The summed E-state index contributed by atoms with van der Waals surface area (Å²) in [5, 5.41) is 3.02. The Kier molecular flexibility index (Phi) is 6.00. The minimum atomic E-state index is -0.0867. The first-order valence-corrected chi connectivity index (χ1v) is 9.00. The Morgan fingerprint density at radius 2 is 1.85 bits per heavy atom. The van der Waals surface area contributed by atoms with E-state index in [1.165, 1.54) is 5.56 Å². The molecule has 2 aromatic carbocycles. The molecule has 5 heteroatoms. The Labute approximate surface area is 154 Å². The van der Waals surface area contributed by atoms with E-state index in [1.807, 2.05) is 56.3 Å². The smallest absolute Gasteiger partial charge is 0.220 e. The molecule has 1 aliphatic rings. The van der Waals surface area contributed by atoms with Crippen LogP contribution in [0.5, 0.6) is 17.2 Å². The lowest BCUT2D eigenvalue weighted by Crippen LogP contribution is -2.27. The van der Waals surface area contributed by atoms with E-state index in [0.29, 0.717) is 32.7 Å². The standard InChI is InChI=1S/C21H25NO4/c1-15-5-8-18(9-6-15)24-11-3-4-21(23)22-16(2)17-7-10-19-20(14-17)26-13-12-25-19/h5-10,14,16H,3-4,11-13H2,1-2H3,(H,22,23)/t16-/m1/s1. The average molecular weight is 355 g/mol. The summed E-state index contributed by atoms with van der Waals surface area (Å²) < 4.78 is 16.8. The largest absolute Gasteiger partial charge is 0.494 e. The van der Waals surface area contributed by atoms with Crippen LogP contribution >= 0.6 is 0 Å². The van der Waals surface area contributed by atoms with Gasteiger partial charge in [-0.15, -0.1) is 0 Å². The van der Waals surface area contributed by atoms with Crippen molar-refractivity contribution < 1.29 is 19.0 Å². The summed E-state index contributed by atoms with van der Waals surface area (Å²) in [7, 11) is 0. The third-order valence-corrected chi connectivity index (χ3v) is 4.28. The van der Waals surface area contributed by atoms with E-state index >= 15 is 0 Å². The molecule has 0 fully saturated rings. The van der Waals surface area contributed by atoms with Crippen molar-refractivity contribution in [1.82, 2.24) is 5.32 Å². The van der Waals surface area contributed by atoms with Gasteiger partial charge in [-0.2, -0.15) is 0 Å². The zero-order chi connectivity index (χ0) is 18.4. The highest BCUT2D eigenvalue weighted by atomic mass is 16.6. The van der Waals surface area contributed by atoms with Gasteiger partial charge in [-0.05, 0) is 50.1 Å². The van der Waals surface area contributed by atoms with Crippen LogP contribution in [0.25, 0.3) is 0 Å². The van der Waals surface area contributed by atoms with Crippen LogP contribution in [0.15, 0.2) is 42.5 Å². The fraction of sp³-hybridized carbons (Fsp3) is 0.381. The van der Waals surface area contributed by atoms with Crippen LogP contribution in [-0.4, -0.2) is 25.7 Å². The van der Waals surface area contributed by atoms with Crippen LogP contribution in [0.3, 0.4) is 0 Å². The van der Waals surface area contributed by atoms with E-state index in [-0.39, 0.29) is 11.9 Å². The number of ether oxygens (including phenoxy) is 3. The quantitative estimate of drug-likeness (QED) is 0.768. The highest BCUT2D eigenvalue weighted by Crippen LogP contribution is 2.32. The number of aryl methyl sites for hydroxylation is 1. The molecule has 5 nitrogen and oxygen atoms in total. The topological polar surface area (TPSA) is 56.8 Å². The maximum Gasteiger partial charge on any atom is 0.220 e. The molecular formula is C21H25NO4. The van der Waals surface area contributed by atoms with Crippen molar-refractivity contribution in [3.05, 3.63) is 53.6 Å². The number of nitrogens with one attached hydrogen (secondary N) is 1. The Morgan fingerprint density at radius 1 is 1.12 bits per heavy atom. The predicted molar refractivity (Wildman–Crippen MR) is 99.9 cm³/mol. The fourth-order valence-electron chi connectivity index (χ4n) is 2.78. The number of hydrogen-bond acceptors (Lipinski definition) is 4. The van der Waals surface area contributed by atoms with Gasteiger partial charge in [0.2, 0.25) is 5.91 Å². The van der Waals surface area contributed by atoms with Crippen molar-refractivity contribution in [3.8, 4) is 17.2 Å². The molecule has 0 unspecified atom stereocenters. The number of benzene rings is 2. The molecule has 0 aliphatic carbocycles. The van der Waals surface area contributed by atoms with Crippen LogP contribution in [0.1, 0.15) is 36.9 Å². The van der Waals surface area contributed by atoms with Gasteiger partial charge in [-0.3, -0.25) is 4.79 Å². The number of hydrogen-bond donors (Lipinski definition) is 1. The Hall–Kier alpha value is -2.69. The minimum Gasteiger partial charge on any atom is -0.494 e. The SMILES string of the molecule is Cc1ccc(OCCCC(=O)N[C@H](C)c2ccc3c(c2)OCCO3)cc1. The van der Waals surface area contributed by atoms with Gasteiger partial charge >= 0.3 is 0 Å². The lowest BCUT2D eigenvalue weighted by atomic mass is 10.1. The van der Waals surface area contributed by atoms with Crippen LogP contribution in [0, 0.1) is 6.92 Å². The highest BCUT2D eigenvalue weighted by molar-refractivity contribution is 5.76. The fourth-order valence-corrected chi connectivity index (χ4v) is 2.78. The first-order valence-electron chi connectivity index (χ1n) is 9.00. The van der Waals surface area contributed by atoms with E-state index in [2.05, 4.69) is 5.32 Å². The van der Waals surface area contributed by atoms with Crippen molar-refractivity contribution in [2.45, 2.75) is 32.7 Å². The van der Waals surface area contributed by atoms with E-state index in [4.69, 9.17) is 14.2 Å². The molecule has 1 amide bonds. The van der Waals surface area contributed by atoms with Gasteiger partial charge in [0, 0.05) is 6.42 Å². The molecule has 26 heavy (non-hydrogen) atoms. The first-order chi connectivity index (χ1) is 12.6. The van der Waals surface area contributed by atoms with Gasteiger partial charge in [0.05, 0.1) is 12.6 Å². The van der Waals surface area contributed by atoms with Crippen molar-refractivity contribution in [1.29, 1.82) is 0 Å². The Morgan fingerprint density at radius 3 is 2.62 bits per heavy atom. The van der Waals surface area contributed by atoms with Crippen molar-refractivity contribution >= 4 is 5.91 Å². The molecule has 0 bridgehead atoms. The van der Waals surface area contributed by atoms with E-state index in [9.17, 15) is 4.79 Å². The summed E-state index contributed by atoms with van der Waals surface area (Å²) >= 11 is 0. The van der Waals surface area contributed by atoms with Gasteiger partial charge < -0.3 is 19.5 Å². The summed E-state index contributed by atoms with van der Waals surface area (Å²) in [5.74, 6) is 2.34. The van der Waals surface area contributed by atoms with Gasteiger partial charge in [0.1, 0.15) is 19.0 Å². The molecule has 0 saturated heterocycles. The summed E-state index contributed by atoms with van der Waals surface area (Å²) in [6.07, 6.45) is 1.11. The van der Waals surface area contributed by atoms with E-state index in [0.717, 1.165) is 22.8 Å². The molecular weight excluding hydrogens is 330 g/mol. The van der Waals surface area contributed by atoms with Gasteiger partial charge in [0.15, 0.2) is 11.5 Å². The number of rotatable bonds is 7. The van der Waals surface area contributed by atoms with Crippen LogP contribution in [0.4, 0.5) is 0 Å². The second-order valence-electron chi connectivity index (χ2n) is 6.46. The molecule has 3 rings (SSSR count). The van der Waals surface area contributed by atoms with Crippen molar-refractivity contribution in [2.75, 3.05) is 19.8 Å². The third-order valence-electron chi connectivity index (χ3n) is 4.28. The maximum absolute atomic E-state index is 12.1. The Balaban J connectivity index is 1.42. The van der Waals surface area contributed by atoms with Crippen molar-refractivity contribution in [3.63, 3.8) is 0 Å². The lowest BCUT2D eigenvalue weighted by molar-refractivity contribution is -0.121. The lowest BCUT2D eigenvalue weighted by Gasteiger charge is -2.21. The number of carbonyl (C=O) groups is 1. The molecule has 0 aromatic heterocycles. The molecule has 0 radical (unpaired) electrons. The van der Waals surface area contributed by atoms with Crippen LogP contribution in [-0.2, 0) is 4.79 Å². The molecule has 2 aromatic rings. The summed E-state index contributed by atoms with van der Waals surface area (Å²) in [4.78, 5) is 12.1. The minimum absolute atomic E-state index is 0.0138. The zero-order valence-electron chi connectivity index (χ0n) is 15.3. The zero-order valence-corrected chi connectivity index (χ0v) is 15.3. The highest BCUT2D eigenvalue weighted by Gasteiger charge is 2.15. The molecule has 1 N–H and O–H groups in total. The monoisotopic (exact) mass is 355 g/mol. The molecule has 1 aliphatic heterocycles. The summed E-state index contributed by atoms with van der Waals surface area (Å²) in [5.41, 5.74) is 2.20. The van der Waals surface area contributed by atoms with Gasteiger partial charge in [0.25, 0.3) is 0 Å². The summed E-state index contributed by atoms with van der Waals surface area (Å²) in [6, 6.07) is 13.6. The molecule has 1 atom stereocenters. The third kappa shape index (κ3) is 4.91. The summed E-state index contributed by atoms with van der Waals surface area (Å²) in [6.45, 7) is 5.65. The number of fused-ring (bicyclic) bond motifs is 1. The van der Waals surface area contributed by atoms with E-state index in [1.54, 1.807) is 0 Å².